The van der Waals surface area contributed by atoms with E-state index in [1.165, 1.54) is 0 Å². The van der Waals surface area contributed by atoms with Crippen LogP contribution < -0.4 is 5.32 Å². The molecule has 1 heterocycles. The zero-order valence-corrected chi connectivity index (χ0v) is 17.1. The summed E-state index contributed by atoms with van der Waals surface area (Å²) in [6.07, 6.45) is 0.602. The van der Waals surface area contributed by atoms with Gasteiger partial charge >= 0.3 is 0 Å². The summed E-state index contributed by atoms with van der Waals surface area (Å²) < 4.78 is 62.4. The van der Waals surface area contributed by atoms with E-state index in [1.54, 1.807) is 19.0 Å². The van der Waals surface area contributed by atoms with Gasteiger partial charge in [-0.25, -0.2) is 21.6 Å². The minimum atomic E-state index is -2.94. The molecule has 0 saturated carbocycles. The Morgan fingerprint density at radius 3 is 2.40 bits per heavy atom. The Hall–Kier alpha value is -1.04. The van der Waals surface area contributed by atoms with Crippen LogP contribution in [-0.2, 0) is 16.4 Å². The van der Waals surface area contributed by atoms with Crippen LogP contribution in [0.2, 0.25) is 0 Å². The van der Waals surface area contributed by atoms with Crippen molar-refractivity contribution in [3.8, 4) is 0 Å². The first-order chi connectivity index (χ1) is 11.2. The minimum Gasteiger partial charge on any atom is -0.356 e. The van der Waals surface area contributed by atoms with E-state index in [9.17, 15) is 21.6 Å². The van der Waals surface area contributed by atoms with Gasteiger partial charge in [0.25, 0.3) is 0 Å². The van der Waals surface area contributed by atoms with Crippen molar-refractivity contribution >= 4 is 39.8 Å². The topological polar surface area (TPSA) is 61.8 Å². The summed E-state index contributed by atoms with van der Waals surface area (Å²) in [6.45, 7) is 0.569. The monoisotopic (exact) mass is 491 g/mol. The number of sulfone groups is 1. The Morgan fingerprint density at radius 1 is 1.32 bits per heavy atom. The highest BCUT2D eigenvalue weighted by Gasteiger charge is 2.28. The van der Waals surface area contributed by atoms with E-state index in [2.05, 4.69) is 10.3 Å². The van der Waals surface area contributed by atoms with Crippen LogP contribution in [0.5, 0.6) is 0 Å². The Labute approximate surface area is 162 Å². The Kier molecular flexibility index (Phi) is 7.97. The highest BCUT2D eigenvalue weighted by molar-refractivity contribution is 14.0. The van der Waals surface area contributed by atoms with Gasteiger partial charge in [-0.3, -0.25) is 4.99 Å². The second-order valence-corrected chi connectivity index (χ2v) is 8.16. The van der Waals surface area contributed by atoms with Crippen LogP contribution in [0.15, 0.2) is 17.1 Å². The number of nitrogens with zero attached hydrogens (tertiary/aromatic N) is 2. The molecule has 1 unspecified atom stereocenters. The molecule has 1 fully saturated rings. The van der Waals surface area contributed by atoms with Crippen molar-refractivity contribution < 1.29 is 21.6 Å². The van der Waals surface area contributed by atoms with Crippen molar-refractivity contribution in [3.05, 3.63) is 35.1 Å². The van der Waals surface area contributed by atoms with Crippen LogP contribution in [0, 0.1) is 23.4 Å². The Balaban J connectivity index is 0.00000312. The molecular weight excluding hydrogens is 470 g/mol. The predicted molar refractivity (Wildman–Crippen MR) is 101 cm³/mol. The van der Waals surface area contributed by atoms with Gasteiger partial charge in [-0.05, 0) is 30.0 Å². The lowest BCUT2D eigenvalue weighted by Crippen LogP contribution is -2.40. The number of guanidine groups is 1. The zero-order chi connectivity index (χ0) is 17.9. The molecule has 142 valence electrons. The zero-order valence-electron chi connectivity index (χ0n) is 13.9. The average molecular weight is 491 g/mol. The standard InChI is InChI=1S/C15H20F3N3O2S.HI/c1-19-15(20-7-10-3-4-24(22,23)9-10)21(2)8-11-5-12(16)14(18)13(17)6-11;/h5-6,10H,3-4,7-9H2,1-2H3,(H,19,20);1H. The molecule has 1 N–H and O–H groups in total. The van der Waals surface area contributed by atoms with Crippen LogP contribution in [0.3, 0.4) is 0 Å². The second kappa shape index (κ2) is 9.06. The van der Waals surface area contributed by atoms with Gasteiger partial charge in [0.1, 0.15) is 0 Å². The largest absolute Gasteiger partial charge is 0.356 e. The third kappa shape index (κ3) is 6.01. The van der Waals surface area contributed by atoms with E-state index in [0.29, 0.717) is 18.9 Å². The predicted octanol–water partition coefficient (Wildman–Crippen LogP) is 2.16. The molecule has 0 amide bonds. The van der Waals surface area contributed by atoms with E-state index in [4.69, 9.17) is 0 Å². The molecule has 25 heavy (non-hydrogen) atoms. The molecule has 0 radical (unpaired) electrons. The second-order valence-electron chi connectivity index (χ2n) is 5.93. The average Bonchev–Trinajstić information content (AvgIpc) is 2.84. The van der Waals surface area contributed by atoms with E-state index >= 15 is 0 Å². The number of hydrogen-bond acceptors (Lipinski definition) is 3. The smallest absolute Gasteiger partial charge is 0.194 e. The summed E-state index contributed by atoms with van der Waals surface area (Å²) >= 11 is 0. The summed E-state index contributed by atoms with van der Waals surface area (Å²) in [7, 11) is 0.273. The lowest BCUT2D eigenvalue weighted by molar-refractivity contribution is 0.432. The van der Waals surface area contributed by atoms with Crippen molar-refractivity contribution in [1.82, 2.24) is 10.2 Å². The fourth-order valence-corrected chi connectivity index (χ4v) is 4.56. The van der Waals surface area contributed by atoms with Gasteiger partial charge in [0.15, 0.2) is 33.2 Å². The number of rotatable bonds is 4. The molecule has 0 bridgehead atoms. The lowest BCUT2D eigenvalue weighted by Gasteiger charge is -2.23. The Bertz CT molecular complexity index is 721. The Morgan fingerprint density at radius 2 is 1.92 bits per heavy atom. The molecule has 2 rings (SSSR count). The molecule has 10 heteroatoms. The van der Waals surface area contributed by atoms with Crippen LogP contribution in [0.4, 0.5) is 13.2 Å². The van der Waals surface area contributed by atoms with Crippen LogP contribution in [0.1, 0.15) is 12.0 Å². The van der Waals surface area contributed by atoms with Crippen molar-refractivity contribution in [2.75, 3.05) is 32.1 Å². The van der Waals surface area contributed by atoms with Crippen molar-refractivity contribution in [3.63, 3.8) is 0 Å². The molecule has 1 atom stereocenters. The first-order valence-corrected chi connectivity index (χ1v) is 9.29. The molecular formula is C15H21F3IN3O2S. The highest BCUT2D eigenvalue weighted by Crippen LogP contribution is 2.18. The number of halogens is 4. The SMILES string of the molecule is CN=C(NCC1CCS(=O)(=O)C1)N(C)Cc1cc(F)c(F)c(F)c1.I. The molecule has 1 aliphatic rings. The summed E-state index contributed by atoms with van der Waals surface area (Å²) in [5, 5.41) is 3.06. The molecule has 5 nitrogen and oxygen atoms in total. The van der Waals surface area contributed by atoms with Crippen molar-refractivity contribution in [1.29, 1.82) is 0 Å². The maximum atomic E-state index is 13.3. The maximum Gasteiger partial charge on any atom is 0.194 e. The number of aliphatic imine (C=N–C) groups is 1. The first-order valence-electron chi connectivity index (χ1n) is 7.47. The number of nitrogens with one attached hydrogen (secondary N) is 1. The fraction of sp³-hybridized carbons (Fsp3) is 0.533. The summed E-state index contributed by atoms with van der Waals surface area (Å²) in [5.74, 6) is -3.15. The van der Waals surface area contributed by atoms with E-state index in [1.807, 2.05) is 0 Å². The van der Waals surface area contributed by atoms with Gasteiger partial charge in [0, 0.05) is 27.2 Å². The number of benzene rings is 1. The van der Waals surface area contributed by atoms with Gasteiger partial charge in [-0.1, -0.05) is 0 Å². The molecule has 1 saturated heterocycles. The summed E-state index contributed by atoms with van der Waals surface area (Å²) in [6, 6.07) is 1.87. The molecule has 1 aromatic rings. The van der Waals surface area contributed by atoms with Crippen LogP contribution >= 0.6 is 24.0 Å². The van der Waals surface area contributed by atoms with Gasteiger partial charge in [0.05, 0.1) is 11.5 Å². The normalized spacial score (nSPS) is 19.4. The summed E-state index contributed by atoms with van der Waals surface area (Å²) in [4.78, 5) is 5.68. The van der Waals surface area contributed by atoms with E-state index in [-0.39, 0.29) is 53.5 Å². The number of hydrogen-bond donors (Lipinski definition) is 1. The molecule has 1 aromatic carbocycles. The minimum absolute atomic E-state index is 0. The van der Waals surface area contributed by atoms with Crippen LogP contribution in [-0.4, -0.2) is 51.4 Å². The van der Waals surface area contributed by atoms with Crippen molar-refractivity contribution in [2.45, 2.75) is 13.0 Å². The maximum absolute atomic E-state index is 13.3. The fourth-order valence-electron chi connectivity index (χ4n) is 2.70. The van der Waals surface area contributed by atoms with Crippen LogP contribution in [0.25, 0.3) is 0 Å². The van der Waals surface area contributed by atoms with Gasteiger partial charge in [-0.15, -0.1) is 24.0 Å². The highest BCUT2D eigenvalue weighted by atomic mass is 127. The molecule has 0 aromatic heterocycles. The molecule has 1 aliphatic heterocycles. The quantitative estimate of drug-likeness (QED) is 0.304. The van der Waals surface area contributed by atoms with E-state index in [0.717, 1.165) is 12.1 Å². The third-order valence-corrected chi connectivity index (χ3v) is 5.75. The molecule has 0 aliphatic carbocycles. The van der Waals surface area contributed by atoms with Crippen molar-refractivity contribution in [2.24, 2.45) is 10.9 Å². The third-order valence-electron chi connectivity index (χ3n) is 3.91. The lowest BCUT2D eigenvalue weighted by atomic mass is 10.1. The van der Waals surface area contributed by atoms with E-state index < -0.39 is 27.3 Å². The van der Waals surface area contributed by atoms with Gasteiger partial charge in [0.2, 0.25) is 0 Å². The van der Waals surface area contributed by atoms with Gasteiger partial charge in [-0.2, -0.15) is 0 Å². The molecule has 0 spiro atoms. The van der Waals surface area contributed by atoms with Gasteiger partial charge < -0.3 is 10.2 Å². The first kappa shape index (κ1) is 22.0. The summed E-state index contributed by atoms with van der Waals surface area (Å²) in [5.41, 5.74) is 0.264.